The van der Waals surface area contributed by atoms with Gasteiger partial charge < -0.3 is 39.9 Å². The van der Waals surface area contributed by atoms with Gasteiger partial charge in [-0.1, -0.05) is 38.1 Å². The molecule has 4 amide bonds. The average Bonchev–Trinajstić information content (AvgIpc) is 4.13. The van der Waals surface area contributed by atoms with Gasteiger partial charge in [-0.2, -0.15) is 0 Å². The molecule has 4 heterocycles. The Hall–Kier alpha value is -5.66. The first-order chi connectivity index (χ1) is 29.5. The molecule has 14 nitrogen and oxygen atoms in total. The molecule has 2 saturated heterocycles. The predicted octanol–water partition coefficient (Wildman–Crippen LogP) is 6.52. The number of benzene rings is 2. The monoisotopic (exact) mass is 828 g/mol. The molecule has 10 rings (SSSR count). The molecule has 14 heteroatoms. The Morgan fingerprint density at radius 1 is 0.721 bits per heavy atom. The molecule has 2 aliphatic heterocycles. The number of fused-ring (bicyclic) bond motifs is 6. The first-order valence-corrected chi connectivity index (χ1v) is 22.2. The first kappa shape index (κ1) is 39.5. The van der Waals surface area contributed by atoms with E-state index in [-0.39, 0.29) is 24.3 Å². The number of carbonyl (C=O) groups is 4. The van der Waals surface area contributed by atoms with Crippen LogP contribution in [-0.4, -0.2) is 93.6 Å². The Kier molecular flexibility index (Phi) is 9.74. The summed E-state index contributed by atoms with van der Waals surface area (Å²) in [6, 6.07) is 8.45. The number of hydrogen-bond acceptors (Lipinski definition) is 8. The van der Waals surface area contributed by atoms with E-state index in [1.54, 1.807) is 0 Å². The minimum absolute atomic E-state index is 0.0808. The fourth-order valence-corrected chi connectivity index (χ4v) is 12.2. The van der Waals surface area contributed by atoms with Gasteiger partial charge in [-0.25, -0.2) is 19.6 Å². The minimum Gasteiger partial charge on any atom is -0.453 e. The summed E-state index contributed by atoms with van der Waals surface area (Å²) in [6.07, 6.45) is 14.4. The molecule has 61 heavy (non-hydrogen) atoms. The van der Waals surface area contributed by atoms with Crippen LogP contribution in [0.15, 0.2) is 36.7 Å². The lowest BCUT2D eigenvalue weighted by atomic mass is 9.87. The number of methoxy groups -OCH3 is 2. The summed E-state index contributed by atoms with van der Waals surface area (Å²) in [5, 5.41) is 5.36. The van der Waals surface area contributed by atoms with Crippen molar-refractivity contribution in [3.05, 3.63) is 70.6 Å². The number of carbonyl (C=O) groups excluding carboxylic acids is 4. The van der Waals surface area contributed by atoms with Crippen LogP contribution in [0.5, 0.6) is 0 Å². The second kappa shape index (κ2) is 15.1. The number of ether oxygens (including phenoxy) is 2. The maximum Gasteiger partial charge on any atom is 0.407 e. The molecule has 4 N–H and O–H groups in total. The second-order valence-electron chi connectivity index (χ2n) is 18.7. The molecule has 6 aliphatic rings. The number of rotatable bonds is 10. The van der Waals surface area contributed by atoms with Crippen molar-refractivity contribution in [3.63, 3.8) is 0 Å². The van der Waals surface area contributed by atoms with Crippen LogP contribution in [0.2, 0.25) is 0 Å². The average molecular weight is 829 g/mol. The molecule has 5 atom stereocenters. The summed E-state index contributed by atoms with van der Waals surface area (Å²) in [7, 11) is 2.62. The van der Waals surface area contributed by atoms with Gasteiger partial charge in [0.05, 0.1) is 38.0 Å². The van der Waals surface area contributed by atoms with Crippen molar-refractivity contribution >= 4 is 24.0 Å². The van der Waals surface area contributed by atoms with Crippen LogP contribution in [0, 0.1) is 17.8 Å². The Labute approximate surface area is 356 Å². The standard InChI is InChI=1S/C47H56N8O6/c1-26(2)40(53-45(59)61-4)41(57)55-25-28-16-18-47(55,20-28)43-49-22-38(52-43)36-14-12-34(30-8-6-10-32(30)36)33-11-13-35(31-9-5-7-29(31)33)37-21-48-42(51-37)46-17-15-27(19-46)24-54(46)39(56)23-50-44(58)60-3/h11-14,21-22,26-28,40H,5-10,15-20,23-25H2,1-4H3,(H,48,51)(H,49,52)(H,50,58)(H,53,59)/t27?,28?,40-,46?,47?/m0/s1. The number of hydrogen-bond donors (Lipinski definition) is 4. The van der Waals surface area contributed by atoms with Crippen LogP contribution in [0.25, 0.3) is 33.6 Å². The summed E-state index contributed by atoms with van der Waals surface area (Å²) in [4.78, 5) is 72.8. The fourth-order valence-electron chi connectivity index (χ4n) is 12.2. The van der Waals surface area contributed by atoms with Crippen molar-refractivity contribution < 1.29 is 28.7 Å². The molecule has 4 unspecified atom stereocenters. The SMILES string of the molecule is COC(=O)NCC(=O)N1CC2CCC1(c1ncc(-c3ccc(-c4ccc(-c5cnc(C67CCC(CN6C(=O)[C@@H](NC(=O)OC)C(C)C)C7)[nH]5)c5c4CCC5)c4c3CCC4)[nH]1)C2. The lowest BCUT2D eigenvalue weighted by Crippen LogP contribution is -2.56. The molecule has 4 aliphatic carbocycles. The molecule has 2 saturated carbocycles. The van der Waals surface area contributed by atoms with E-state index in [2.05, 4.69) is 44.9 Å². The van der Waals surface area contributed by atoms with Crippen molar-refractivity contribution in [3.8, 4) is 33.6 Å². The molecular weight excluding hydrogens is 773 g/mol. The van der Waals surface area contributed by atoms with Gasteiger partial charge in [0.1, 0.15) is 35.3 Å². The molecule has 4 bridgehead atoms. The highest BCUT2D eigenvalue weighted by molar-refractivity contribution is 5.87. The van der Waals surface area contributed by atoms with E-state index >= 15 is 0 Å². The summed E-state index contributed by atoms with van der Waals surface area (Å²) < 4.78 is 9.56. The van der Waals surface area contributed by atoms with Crippen LogP contribution in [0.4, 0.5) is 9.59 Å². The smallest absolute Gasteiger partial charge is 0.407 e. The summed E-state index contributed by atoms with van der Waals surface area (Å²) in [5.41, 5.74) is 11.5. The van der Waals surface area contributed by atoms with Crippen LogP contribution >= 0.6 is 0 Å². The zero-order valence-electron chi connectivity index (χ0n) is 35.6. The molecular formula is C47H56N8O6. The Morgan fingerprint density at radius 2 is 1.20 bits per heavy atom. The zero-order valence-corrected chi connectivity index (χ0v) is 35.6. The molecule has 320 valence electrons. The normalized spacial score (nSPS) is 24.9. The molecule has 0 spiro atoms. The van der Waals surface area contributed by atoms with Gasteiger partial charge >= 0.3 is 12.2 Å². The molecule has 4 aromatic rings. The topological polar surface area (TPSA) is 175 Å². The maximum absolute atomic E-state index is 14.1. The van der Waals surface area contributed by atoms with Crippen molar-refractivity contribution in [2.45, 2.75) is 108 Å². The number of nitrogens with zero attached hydrogens (tertiary/aromatic N) is 4. The largest absolute Gasteiger partial charge is 0.453 e. The Balaban J connectivity index is 0.930. The molecule has 4 fully saturated rings. The predicted molar refractivity (Wildman–Crippen MR) is 227 cm³/mol. The van der Waals surface area contributed by atoms with Crippen molar-refractivity contribution in [1.29, 1.82) is 0 Å². The van der Waals surface area contributed by atoms with Gasteiger partial charge in [-0.15, -0.1) is 0 Å². The number of amides is 4. The molecule has 2 aromatic carbocycles. The lowest BCUT2D eigenvalue weighted by Gasteiger charge is -2.40. The number of aromatic amines is 2. The summed E-state index contributed by atoms with van der Waals surface area (Å²) >= 11 is 0. The highest BCUT2D eigenvalue weighted by Crippen LogP contribution is 2.54. The highest BCUT2D eigenvalue weighted by Gasteiger charge is 2.57. The van der Waals surface area contributed by atoms with Crippen molar-refractivity contribution in [2.75, 3.05) is 33.9 Å². The highest BCUT2D eigenvalue weighted by atomic mass is 16.5. The van der Waals surface area contributed by atoms with Gasteiger partial charge in [0.15, 0.2) is 0 Å². The van der Waals surface area contributed by atoms with Crippen LogP contribution in [0.3, 0.4) is 0 Å². The third-order valence-electron chi connectivity index (χ3n) is 15.1. The van der Waals surface area contributed by atoms with E-state index in [4.69, 9.17) is 19.4 Å². The lowest BCUT2D eigenvalue weighted by molar-refractivity contribution is -0.140. The maximum atomic E-state index is 14.1. The third kappa shape index (κ3) is 6.33. The van der Waals surface area contributed by atoms with E-state index in [0.717, 1.165) is 100 Å². The van der Waals surface area contributed by atoms with Crippen molar-refractivity contribution in [2.24, 2.45) is 17.8 Å². The van der Waals surface area contributed by atoms with Gasteiger partial charge in [0.25, 0.3) is 0 Å². The Bertz CT molecular complexity index is 2440. The van der Waals surface area contributed by atoms with E-state index in [1.165, 1.54) is 58.7 Å². The van der Waals surface area contributed by atoms with Crippen LogP contribution in [-0.2, 0) is 55.8 Å². The van der Waals surface area contributed by atoms with E-state index in [1.807, 2.05) is 36.0 Å². The number of H-pyrrole nitrogens is 2. The zero-order chi connectivity index (χ0) is 42.2. The minimum atomic E-state index is -0.680. The number of imidazole rings is 2. The van der Waals surface area contributed by atoms with E-state index < -0.39 is 29.3 Å². The van der Waals surface area contributed by atoms with E-state index in [9.17, 15) is 19.2 Å². The second-order valence-corrected chi connectivity index (χ2v) is 18.7. The number of piperidine rings is 2. The van der Waals surface area contributed by atoms with Gasteiger partial charge in [0, 0.05) is 24.2 Å². The number of alkyl carbamates (subject to hydrolysis) is 2. The van der Waals surface area contributed by atoms with Crippen LogP contribution in [0.1, 0.15) is 99.1 Å². The van der Waals surface area contributed by atoms with Crippen molar-refractivity contribution in [1.82, 2.24) is 40.4 Å². The van der Waals surface area contributed by atoms with Gasteiger partial charge in [-0.05, 0) is 128 Å². The first-order valence-electron chi connectivity index (χ1n) is 22.2. The van der Waals surface area contributed by atoms with Gasteiger partial charge in [0.2, 0.25) is 11.8 Å². The number of aromatic nitrogens is 4. The quantitative estimate of drug-likeness (QED) is 0.140. The Morgan fingerprint density at radius 3 is 1.69 bits per heavy atom. The molecule has 2 aromatic heterocycles. The third-order valence-corrected chi connectivity index (χ3v) is 15.1. The molecule has 0 radical (unpaired) electrons. The van der Waals surface area contributed by atoms with Gasteiger partial charge in [-0.3, -0.25) is 9.59 Å². The fraction of sp³-hybridized carbons (Fsp3) is 0.532. The number of nitrogens with one attached hydrogen (secondary N) is 4. The van der Waals surface area contributed by atoms with E-state index in [0.29, 0.717) is 24.9 Å². The van der Waals surface area contributed by atoms with Crippen LogP contribution < -0.4 is 10.6 Å². The summed E-state index contributed by atoms with van der Waals surface area (Å²) in [6.45, 7) is 5.12. The number of likely N-dealkylation sites (tertiary alicyclic amines) is 2. The summed E-state index contributed by atoms with van der Waals surface area (Å²) in [5.74, 6) is 2.19.